The molecule has 4 heteroatoms. The number of carboxylic acids is 1. The standard InChI is InChI=1S/C9H12N2O2/c1-8(9(12)13)3-2-5-11-6-4-10-7-11/h4,6-7H,1-3,5H2,(H,12,13). The van der Waals surface area contributed by atoms with E-state index in [-0.39, 0.29) is 5.57 Å². The fraction of sp³-hybridized carbons (Fsp3) is 0.333. The molecular formula is C9H12N2O2. The Kier molecular flexibility index (Phi) is 3.25. The van der Waals surface area contributed by atoms with Crippen LogP contribution >= 0.6 is 0 Å². The van der Waals surface area contributed by atoms with Gasteiger partial charge in [-0.1, -0.05) is 6.58 Å². The largest absolute Gasteiger partial charge is 0.478 e. The van der Waals surface area contributed by atoms with Gasteiger partial charge in [-0.15, -0.1) is 0 Å². The van der Waals surface area contributed by atoms with Crippen molar-refractivity contribution in [2.75, 3.05) is 0 Å². The molecule has 0 fully saturated rings. The highest BCUT2D eigenvalue weighted by Crippen LogP contribution is 2.03. The smallest absolute Gasteiger partial charge is 0.330 e. The zero-order chi connectivity index (χ0) is 9.68. The molecule has 0 aliphatic carbocycles. The van der Waals surface area contributed by atoms with Crippen LogP contribution in [-0.2, 0) is 11.3 Å². The molecule has 0 bridgehead atoms. The highest BCUT2D eigenvalue weighted by Gasteiger charge is 2.02. The van der Waals surface area contributed by atoms with E-state index in [1.807, 2.05) is 10.8 Å². The molecule has 0 aliphatic heterocycles. The predicted octanol–water partition coefficient (Wildman–Crippen LogP) is 1.30. The van der Waals surface area contributed by atoms with E-state index in [4.69, 9.17) is 5.11 Å². The first-order valence-electron chi connectivity index (χ1n) is 4.07. The summed E-state index contributed by atoms with van der Waals surface area (Å²) in [6, 6.07) is 0. The molecule has 0 spiro atoms. The third-order valence-corrected chi connectivity index (χ3v) is 1.76. The number of aryl methyl sites for hydroxylation is 1. The fourth-order valence-corrected chi connectivity index (χ4v) is 1.00. The van der Waals surface area contributed by atoms with Gasteiger partial charge < -0.3 is 9.67 Å². The molecule has 1 rings (SSSR count). The van der Waals surface area contributed by atoms with Gasteiger partial charge in [-0.25, -0.2) is 9.78 Å². The van der Waals surface area contributed by atoms with Gasteiger partial charge in [-0.2, -0.15) is 0 Å². The Morgan fingerprint density at radius 2 is 2.38 bits per heavy atom. The predicted molar refractivity (Wildman–Crippen MR) is 48.2 cm³/mol. The Labute approximate surface area is 76.5 Å². The van der Waals surface area contributed by atoms with E-state index < -0.39 is 5.97 Å². The van der Waals surface area contributed by atoms with Crippen molar-refractivity contribution in [3.05, 3.63) is 30.9 Å². The lowest BCUT2D eigenvalue weighted by Gasteiger charge is -2.01. The maximum absolute atomic E-state index is 10.4. The van der Waals surface area contributed by atoms with E-state index in [2.05, 4.69) is 11.6 Å². The molecule has 70 valence electrons. The number of hydrogen-bond donors (Lipinski definition) is 1. The molecule has 1 aromatic heterocycles. The third kappa shape index (κ3) is 3.11. The zero-order valence-corrected chi connectivity index (χ0v) is 7.31. The number of nitrogens with zero attached hydrogens (tertiary/aromatic N) is 2. The number of rotatable bonds is 5. The van der Waals surface area contributed by atoms with Gasteiger partial charge in [0.05, 0.1) is 6.33 Å². The van der Waals surface area contributed by atoms with Crippen molar-refractivity contribution in [2.45, 2.75) is 19.4 Å². The Bertz CT molecular complexity index is 291. The summed E-state index contributed by atoms with van der Waals surface area (Å²) in [6.45, 7) is 4.23. The van der Waals surface area contributed by atoms with Gasteiger partial charge in [0.15, 0.2) is 0 Å². The summed E-state index contributed by atoms with van der Waals surface area (Å²) < 4.78 is 1.91. The van der Waals surface area contributed by atoms with Gasteiger partial charge in [0.25, 0.3) is 0 Å². The molecule has 1 aromatic rings. The quantitative estimate of drug-likeness (QED) is 0.695. The summed E-state index contributed by atoms with van der Waals surface area (Å²) in [5.41, 5.74) is 0.264. The Morgan fingerprint density at radius 3 is 2.92 bits per heavy atom. The first kappa shape index (κ1) is 9.51. The van der Waals surface area contributed by atoms with Crippen LogP contribution in [0.3, 0.4) is 0 Å². The summed E-state index contributed by atoms with van der Waals surface area (Å²) in [7, 11) is 0. The summed E-state index contributed by atoms with van der Waals surface area (Å²) in [5.74, 6) is -0.911. The van der Waals surface area contributed by atoms with Gasteiger partial charge >= 0.3 is 5.97 Å². The summed E-state index contributed by atoms with van der Waals surface area (Å²) in [6.07, 6.45) is 6.56. The average molecular weight is 180 g/mol. The summed E-state index contributed by atoms with van der Waals surface area (Å²) >= 11 is 0. The summed E-state index contributed by atoms with van der Waals surface area (Å²) in [4.78, 5) is 14.3. The Morgan fingerprint density at radius 1 is 1.62 bits per heavy atom. The molecule has 0 saturated carbocycles. The monoisotopic (exact) mass is 180 g/mol. The van der Waals surface area contributed by atoms with Gasteiger partial charge in [-0.3, -0.25) is 0 Å². The van der Waals surface area contributed by atoms with Crippen LogP contribution in [0.5, 0.6) is 0 Å². The van der Waals surface area contributed by atoms with Crippen molar-refractivity contribution in [2.24, 2.45) is 0 Å². The highest BCUT2D eigenvalue weighted by atomic mass is 16.4. The van der Waals surface area contributed by atoms with E-state index in [0.29, 0.717) is 6.42 Å². The topological polar surface area (TPSA) is 55.1 Å². The van der Waals surface area contributed by atoms with Crippen molar-refractivity contribution in [1.82, 2.24) is 9.55 Å². The van der Waals surface area contributed by atoms with Crippen molar-refractivity contribution in [1.29, 1.82) is 0 Å². The van der Waals surface area contributed by atoms with Crippen LogP contribution < -0.4 is 0 Å². The van der Waals surface area contributed by atoms with Gasteiger partial charge in [0.1, 0.15) is 0 Å². The van der Waals surface area contributed by atoms with Crippen molar-refractivity contribution >= 4 is 5.97 Å². The first-order chi connectivity index (χ1) is 6.20. The van der Waals surface area contributed by atoms with Crippen LogP contribution in [0, 0.1) is 0 Å². The maximum atomic E-state index is 10.4. The van der Waals surface area contributed by atoms with Crippen LogP contribution in [0.25, 0.3) is 0 Å². The molecule has 4 nitrogen and oxygen atoms in total. The lowest BCUT2D eigenvalue weighted by molar-refractivity contribution is -0.132. The molecule has 1 heterocycles. The lowest BCUT2D eigenvalue weighted by Crippen LogP contribution is -2.01. The van der Waals surface area contributed by atoms with Crippen LogP contribution in [0.15, 0.2) is 30.9 Å². The second kappa shape index (κ2) is 4.45. The van der Waals surface area contributed by atoms with Crippen LogP contribution in [-0.4, -0.2) is 20.6 Å². The minimum absolute atomic E-state index is 0.264. The third-order valence-electron chi connectivity index (χ3n) is 1.76. The number of carboxylic acid groups (broad SMARTS) is 1. The molecule has 0 amide bonds. The van der Waals surface area contributed by atoms with E-state index in [1.54, 1.807) is 12.5 Å². The maximum Gasteiger partial charge on any atom is 0.330 e. The molecule has 1 N–H and O–H groups in total. The zero-order valence-electron chi connectivity index (χ0n) is 7.31. The Hall–Kier alpha value is -1.58. The van der Waals surface area contributed by atoms with Gasteiger partial charge in [0.2, 0.25) is 0 Å². The van der Waals surface area contributed by atoms with E-state index >= 15 is 0 Å². The lowest BCUT2D eigenvalue weighted by atomic mass is 10.2. The normalized spacial score (nSPS) is 9.85. The van der Waals surface area contributed by atoms with E-state index in [9.17, 15) is 4.79 Å². The van der Waals surface area contributed by atoms with Gasteiger partial charge in [0, 0.05) is 24.5 Å². The molecule has 0 atom stereocenters. The van der Waals surface area contributed by atoms with E-state index in [0.717, 1.165) is 13.0 Å². The highest BCUT2D eigenvalue weighted by molar-refractivity contribution is 5.85. The molecular weight excluding hydrogens is 168 g/mol. The second-order valence-corrected chi connectivity index (χ2v) is 2.81. The number of aliphatic carboxylic acids is 1. The van der Waals surface area contributed by atoms with Crippen molar-refractivity contribution < 1.29 is 9.90 Å². The number of hydrogen-bond acceptors (Lipinski definition) is 2. The number of carbonyl (C=O) groups is 1. The summed E-state index contributed by atoms with van der Waals surface area (Å²) in [5, 5.41) is 8.52. The van der Waals surface area contributed by atoms with Crippen LogP contribution in [0.2, 0.25) is 0 Å². The second-order valence-electron chi connectivity index (χ2n) is 2.81. The van der Waals surface area contributed by atoms with Gasteiger partial charge in [-0.05, 0) is 12.8 Å². The van der Waals surface area contributed by atoms with Crippen LogP contribution in [0.4, 0.5) is 0 Å². The van der Waals surface area contributed by atoms with Crippen LogP contribution in [0.1, 0.15) is 12.8 Å². The van der Waals surface area contributed by atoms with Crippen molar-refractivity contribution in [3.63, 3.8) is 0 Å². The van der Waals surface area contributed by atoms with Crippen molar-refractivity contribution in [3.8, 4) is 0 Å². The number of imidazole rings is 1. The SMILES string of the molecule is C=C(CCCn1ccnc1)C(=O)O. The number of aromatic nitrogens is 2. The molecule has 13 heavy (non-hydrogen) atoms. The van der Waals surface area contributed by atoms with E-state index in [1.165, 1.54) is 0 Å². The fourth-order valence-electron chi connectivity index (χ4n) is 1.00. The average Bonchev–Trinajstić information content (AvgIpc) is 2.56. The first-order valence-corrected chi connectivity index (χ1v) is 4.07. The molecule has 0 aromatic carbocycles. The Balaban J connectivity index is 2.22. The minimum Gasteiger partial charge on any atom is -0.478 e. The molecule has 0 radical (unpaired) electrons. The molecule has 0 aliphatic rings. The molecule has 0 unspecified atom stereocenters. The molecule has 0 saturated heterocycles. The minimum atomic E-state index is -0.911.